The summed E-state index contributed by atoms with van der Waals surface area (Å²) in [4.78, 5) is 0.648. The molecule has 0 aliphatic carbocycles. The van der Waals surface area contributed by atoms with Crippen molar-refractivity contribution in [2.24, 2.45) is 0 Å². The molecule has 1 unspecified atom stereocenters. The number of hydrogen-bond donors (Lipinski definition) is 0. The van der Waals surface area contributed by atoms with E-state index in [1.165, 1.54) is 0 Å². The highest BCUT2D eigenvalue weighted by atomic mass is 28.4. The topological polar surface area (TPSA) is 44.5 Å². The van der Waals surface area contributed by atoms with Gasteiger partial charge in [0.05, 0.1) is 13.0 Å². The van der Waals surface area contributed by atoms with Crippen LogP contribution in [0.5, 0.6) is 5.75 Å². The first kappa shape index (κ1) is 18.3. The minimum atomic E-state index is -1.89. The minimum Gasteiger partial charge on any atom is -0.497 e. The lowest BCUT2D eigenvalue weighted by atomic mass is 9.94. The zero-order chi connectivity index (χ0) is 16.6. The summed E-state index contributed by atoms with van der Waals surface area (Å²) in [6, 6.07) is 7.82. The third-order valence-corrected chi connectivity index (χ3v) is 3.86. The molecule has 0 N–H and O–H groups in total. The van der Waals surface area contributed by atoms with Crippen LogP contribution in [0.2, 0.25) is 19.6 Å². The number of rotatable bonds is 9. The van der Waals surface area contributed by atoms with E-state index in [-0.39, 0.29) is 5.92 Å². The molecular formula is C17H27NO3Si. The second kappa shape index (κ2) is 8.63. The molecule has 1 rings (SSSR count). The van der Waals surface area contributed by atoms with Crippen molar-refractivity contribution in [2.75, 3.05) is 7.11 Å². The molecule has 1 aromatic carbocycles. The van der Waals surface area contributed by atoms with Crippen molar-refractivity contribution in [2.45, 2.75) is 44.8 Å². The van der Waals surface area contributed by atoms with Gasteiger partial charge in [0, 0.05) is 4.90 Å². The van der Waals surface area contributed by atoms with Gasteiger partial charge in [-0.15, -0.1) is 6.58 Å². The van der Waals surface area contributed by atoms with Gasteiger partial charge >= 0.3 is 0 Å². The van der Waals surface area contributed by atoms with Gasteiger partial charge in [0.1, 0.15) is 5.75 Å². The first-order valence-electron chi connectivity index (χ1n) is 7.61. The number of unbranched alkanes of at least 4 members (excludes halogenated alkanes) is 1. The molecule has 0 spiro atoms. The minimum absolute atomic E-state index is 0.0275. The average molecular weight is 321 g/mol. The maximum absolute atomic E-state index is 12.0. The van der Waals surface area contributed by atoms with Gasteiger partial charge in [0.15, 0.2) is 8.32 Å². The van der Waals surface area contributed by atoms with Crippen molar-refractivity contribution in [3.8, 4) is 5.75 Å². The SMILES string of the molecule is C=CCCCC(/C=[N+](\[O-])O[Si](C)(C)C)c1ccc(OC)cc1. The van der Waals surface area contributed by atoms with Gasteiger partial charge in [0.25, 0.3) is 0 Å². The smallest absolute Gasteiger partial charge is 0.216 e. The van der Waals surface area contributed by atoms with E-state index in [0.717, 1.165) is 30.6 Å². The molecule has 0 aliphatic rings. The summed E-state index contributed by atoms with van der Waals surface area (Å²) >= 11 is 0. The quantitative estimate of drug-likeness (QED) is 0.168. The van der Waals surface area contributed by atoms with Crippen LogP contribution in [0.25, 0.3) is 0 Å². The summed E-state index contributed by atoms with van der Waals surface area (Å²) in [6.07, 6.45) is 6.33. The van der Waals surface area contributed by atoms with E-state index in [0.29, 0.717) is 4.90 Å². The van der Waals surface area contributed by atoms with Crippen molar-refractivity contribution >= 4 is 14.5 Å². The summed E-state index contributed by atoms with van der Waals surface area (Å²) in [5.74, 6) is 0.839. The second-order valence-corrected chi connectivity index (χ2v) is 10.6. The van der Waals surface area contributed by atoms with Crippen molar-refractivity contribution in [3.05, 3.63) is 47.7 Å². The van der Waals surface area contributed by atoms with Gasteiger partial charge in [-0.05, 0) is 37.0 Å². The Morgan fingerprint density at radius 1 is 1.27 bits per heavy atom. The molecule has 22 heavy (non-hydrogen) atoms. The fraction of sp³-hybridized carbons (Fsp3) is 0.471. The van der Waals surface area contributed by atoms with Gasteiger partial charge in [-0.25, -0.2) is 0 Å². The largest absolute Gasteiger partial charge is 0.497 e. The molecule has 0 heterocycles. The van der Waals surface area contributed by atoms with Crippen LogP contribution in [0.4, 0.5) is 0 Å². The van der Waals surface area contributed by atoms with Crippen LogP contribution >= 0.6 is 0 Å². The average Bonchev–Trinajstić information content (AvgIpc) is 2.44. The fourth-order valence-electron chi connectivity index (χ4n) is 2.11. The van der Waals surface area contributed by atoms with E-state index in [1.54, 1.807) is 13.3 Å². The maximum atomic E-state index is 12.0. The van der Waals surface area contributed by atoms with Crippen LogP contribution in [0.15, 0.2) is 36.9 Å². The van der Waals surface area contributed by atoms with Crippen LogP contribution in [-0.4, -0.2) is 26.5 Å². The Kier molecular flexibility index (Phi) is 7.18. The lowest BCUT2D eigenvalue weighted by molar-refractivity contribution is -0.701. The van der Waals surface area contributed by atoms with Crippen molar-refractivity contribution in [1.82, 2.24) is 0 Å². The van der Waals surface area contributed by atoms with Crippen molar-refractivity contribution in [3.63, 3.8) is 0 Å². The maximum Gasteiger partial charge on any atom is 0.216 e. The van der Waals surface area contributed by atoms with E-state index in [4.69, 9.17) is 9.26 Å². The molecule has 122 valence electrons. The normalized spacial score (nSPS) is 13.5. The van der Waals surface area contributed by atoms with Gasteiger partial charge in [-0.3, -0.25) is 5.21 Å². The number of methoxy groups -OCH3 is 1. The molecule has 0 bridgehead atoms. The highest BCUT2D eigenvalue weighted by Gasteiger charge is 2.18. The molecule has 1 atom stereocenters. The van der Waals surface area contributed by atoms with Gasteiger partial charge in [-0.2, -0.15) is 0 Å². The Morgan fingerprint density at radius 2 is 1.91 bits per heavy atom. The van der Waals surface area contributed by atoms with Crippen LogP contribution in [-0.2, 0) is 4.53 Å². The lowest BCUT2D eigenvalue weighted by Crippen LogP contribution is -2.30. The molecule has 0 fully saturated rings. The predicted molar refractivity (Wildman–Crippen MR) is 93.9 cm³/mol. The Hall–Kier alpha value is -1.75. The van der Waals surface area contributed by atoms with E-state index in [9.17, 15) is 5.21 Å². The van der Waals surface area contributed by atoms with Crippen LogP contribution in [0.3, 0.4) is 0 Å². The summed E-state index contributed by atoms with van der Waals surface area (Å²) in [5.41, 5.74) is 1.09. The van der Waals surface area contributed by atoms with Gasteiger partial charge in [0.2, 0.25) is 6.21 Å². The third kappa shape index (κ3) is 6.80. The molecule has 0 amide bonds. The number of benzene rings is 1. The molecule has 5 heteroatoms. The second-order valence-electron chi connectivity index (χ2n) is 6.24. The van der Waals surface area contributed by atoms with Crippen LogP contribution in [0, 0.1) is 5.21 Å². The fourth-order valence-corrected chi connectivity index (χ4v) is 2.71. The molecule has 1 aromatic rings. The van der Waals surface area contributed by atoms with E-state index in [1.807, 2.05) is 50.0 Å². The summed E-state index contributed by atoms with van der Waals surface area (Å²) < 4.78 is 10.6. The Balaban J connectivity index is 2.90. The van der Waals surface area contributed by atoms with E-state index in [2.05, 4.69) is 6.58 Å². The summed E-state index contributed by atoms with van der Waals surface area (Å²) in [7, 11) is -0.252. The van der Waals surface area contributed by atoms with Gasteiger partial charge in [-0.1, -0.05) is 37.8 Å². The summed E-state index contributed by atoms with van der Waals surface area (Å²) in [5, 5.41) is 12.0. The lowest BCUT2D eigenvalue weighted by Gasteiger charge is -2.20. The van der Waals surface area contributed by atoms with Crippen LogP contribution in [0.1, 0.15) is 30.7 Å². The highest BCUT2D eigenvalue weighted by Crippen LogP contribution is 2.23. The number of ether oxygens (including phenoxy) is 1. The molecule has 0 aromatic heterocycles. The Morgan fingerprint density at radius 3 is 2.41 bits per heavy atom. The zero-order valence-electron chi connectivity index (χ0n) is 14.0. The third-order valence-electron chi connectivity index (χ3n) is 3.13. The molecule has 4 nitrogen and oxygen atoms in total. The standard InChI is InChI=1S/C17H27NO3Si/c1-6-7-8-9-16(14-18(19)21-22(3,4)5)15-10-12-17(20-2)13-11-15/h6,10-14,16H,1,7-9H2,2-5H3/b18-14+. The number of nitrogens with zero attached hydrogens (tertiary/aromatic N) is 1. The van der Waals surface area contributed by atoms with Crippen LogP contribution < -0.4 is 4.74 Å². The monoisotopic (exact) mass is 321 g/mol. The Labute approximate surface area is 134 Å². The molecule has 0 aliphatic heterocycles. The molecule has 0 saturated heterocycles. The summed E-state index contributed by atoms with van der Waals surface area (Å²) in [6.45, 7) is 9.72. The molecular weight excluding hydrogens is 294 g/mol. The number of hydrogen-bond acceptors (Lipinski definition) is 3. The molecule has 0 saturated carbocycles. The highest BCUT2D eigenvalue weighted by molar-refractivity contribution is 6.69. The molecule has 0 radical (unpaired) electrons. The first-order chi connectivity index (χ1) is 10.4. The zero-order valence-corrected chi connectivity index (χ0v) is 15.0. The van der Waals surface area contributed by atoms with Crippen molar-refractivity contribution < 1.29 is 14.2 Å². The Bertz CT molecular complexity index is 492. The number of allylic oxidation sites excluding steroid dienone is 1. The van der Waals surface area contributed by atoms with Crippen molar-refractivity contribution in [1.29, 1.82) is 0 Å². The van der Waals surface area contributed by atoms with Gasteiger partial charge < -0.3 is 9.26 Å². The van der Waals surface area contributed by atoms with E-state index < -0.39 is 8.32 Å². The predicted octanol–water partition coefficient (Wildman–Crippen LogP) is 4.48. The first-order valence-corrected chi connectivity index (χ1v) is 11.0. The van der Waals surface area contributed by atoms with E-state index >= 15 is 0 Å².